The highest BCUT2D eigenvalue weighted by molar-refractivity contribution is 5.93. The van der Waals surface area contributed by atoms with Gasteiger partial charge in [0.2, 0.25) is 0 Å². The zero-order valence-electron chi connectivity index (χ0n) is 11.9. The number of aromatic carboxylic acids is 1. The van der Waals surface area contributed by atoms with Crippen LogP contribution in [0.4, 0.5) is 10.6 Å². The molecule has 0 aromatic carbocycles. The lowest BCUT2D eigenvalue weighted by molar-refractivity contribution is 0.0696. The quantitative estimate of drug-likeness (QED) is 0.807. The van der Waals surface area contributed by atoms with Crippen molar-refractivity contribution in [1.29, 1.82) is 0 Å². The van der Waals surface area contributed by atoms with Gasteiger partial charge in [0.1, 0.15) is 5.82 Å². The number of carbonyl (C=O) groups excluding carboxylic acids is 1. The normalized spacial score (nSPS) is 14.9. The molecular formula is C15H16N4O3. The molecule has 0 bridgehead atoms. The Morgan fingerprint density at radius 3 is 2.68 bits per heavy atom. The van der Waals surface area contributed by atoms with Crippen molar-refractivity contribution >= 4 is 28.9 Å². The number of carboxylic acids is 1. The lowest BCUT2D eigenvalue weighted by Gasteiger charge is -2.12. The average molecular weight is 300 g/mol. The number of anilines is 1. The van der Waals surface area contributed by atoms with Gasteiger partial charge >= 0.3 is 12.0 Å². The molecule has 3 rings (SSSR count). The molecule has 1 saturated carbocycles. The number of hydrogen-bond donors (Lipinski definition) is 3. The largest absolute Gasteiger partial charge is 0.478 e. The van der Waals surface area contributed by atoms with Crippen LogP contribution in [0, 0.1) is 0 Å². The van der Waals surface area contributed by atoms with E-state index in [1.165, 1.54) is 12.3 Å². The van der Waals surface area contributed by atoms with Crippen LogP contribution in [-0.2, 0) is 0 Å². The van der Waals surface area contributed by atoms with Gasteiger partial charge in [0, 0.05) is 12.2 Å². The van der Waals surface area contributed by atoms with Crippen molar-refractivity contribution in [2.75, 3.05) is 5.32 Å². The number of hydrogen-bond acceptors (Lipinski definition) is 4. The summed E-state index contributed by atoms with van der Waals surface area (Å²) in [7, 11) is 0. The summed E-state index contributed by atoms with van der Waals surface area (Å²) in [5.41, 5.74) is 1.07. The lowest BCUT2D eigenvalue weighted by Crippen LogP contribution is -2.36. The van der Waals surface area contributed by atoms with Crippen LogP contribution in [0.3, 0.4) is 0 Å². The molecule has 0 saturated heterocycles. The molecule has 0 aliphatic heterocycles. The monoisotopic (exact) mass is 300 g/mol. The Morgan fingerprint density at radius 1 is 1.18 bits per heavy atom. The molecule has 22 heavy (non-hydrogen) atoms. The van der Waals surface area contributed by atoms with Gasteiger partial charge in [-0.25, -0.2) is 14.6 Å². The zero-order valence-corrected chi connectivity index (χ0v) is 11.9. The summed E-state index contributed by atoms with van der Waals surface area (Å²) in [6.45, 7) is 0. The van der Waals surface area contributed by atoms with Crippen molar-refractivity contribution in [2.45, 2.75) is 31.7 Å². The molecule has 0 radical (unpaired) electrons. The van der Waals surface area contributed by atoms with Gasteiger partial charge in [0.05, 0.1) is 16.6 Å². The summed E-state index contributed by atoms with van der Waals surface area (Å²) in [6.07, 6.45) is 5.58. The van der Waals surface area contributed by atoms with Crippen LogP contribution in [0.25, 0.3) is 11.0 Å². The molecule has 1 fully saturated rings. The standard InChI is InChI=1S/C15H16N4O3/c20-14(21)9-7-12-11(16-8-9)5-6-13(18-12)19-15(22)17-10-3-1-2-4-10/h5-8,10H,1-4H2,(H,20,21)(H2,17,18,19,22). The maximum Gasteiger partial charge on any atom is 0.337 e. The highest BCUT2D eigenvalue weighted by Crippen LogP contribution is 2.18. The summed E-state index contributed by atoms with van der Waals surface area (Å²) in [6, 6.07) is 4.70. The van der Waals surface area contributed by atoms with Gasteiger partial charge in [0.15, 0.2) is 0 Å². The molecule has 0 unspecified atom stereocenters. The Hall–Kier alpha value is -2.70. The molecule has 3 N–H and O–H groups in total. The van der Waals surface area contributed by atoms with Crippen molar-refractivity contribution in [3.8, 4) is 0 Å². The Kier molecular flexibility index (Phi) is 3.86. The highest BCUT2D eigenvalue weighted by atomic mass is 16.4. The Morgan fingerprint density at radius 2 is 1.95 bits per heavy atom. The Labute approximate surface area is 126 Å². The van der Waals surface area contributed by atoms with E-state index in [4.69, 9.17) is 5.11 Å². The first kappa shape index (κ1) is 14.2. The van der Waals surface area contributed by atoms with Gasteiger partial charge in [-0.3, -0.25) is 10.3 Å². The molecule has 7 heteroatoms. The number of fused-ring (bicyclic) bond motifs is 1. The van der Waals surface area contributed by atoms with Gasteiger partial charge in [-0.05, 0) is 31.0 Å². The van der Waals surface area contributed by atoms with Gasteiger partial charge in [-0.15, -0.1) is 0 Å². The summed E-state index contributed by atoms with van der Waals surface area (Å²) in [5.74, 6) is -0.694. The fourth-order valence-electron chi connectivity index (χ4n) is 2.60. The van der Waals surface area contributed by atoms with Crippen molar-refractivity contribution in [3.63, 3.8) is 0 Å². The molecular weight excluding hydrogens is 284 g/mol. The van der Waals surface area contributed by atoms with Crippen LogP contribution in [0.2, 0.25) is 0 Å². The number of nitrogens with one attached hydrogen (secondary N) is 2. The summed E-state index contributed by atoms with van der Waals surface area (Å²) < 4.78 is 0. The second kappa shape index (κ2) is 5.97. The molecule has 0 atom stereocenters. The number of carbonyl (C=O) groups is 2. The van der Waals surface area contributed by atoms with Crippen molar-refractivity contribution in [3.05, 3.63) is 30.0 Å². The number of nitrogens with zero attached hydrogens (tertiary/aromatic N) is 2. The van der Waals surface area contributed by atoms with E-state index in [2.05, 4.69) is 20.6 Å². The van der Waals surface area contributed by atoms with E-state index in [0.717, 1.165) is 25.7 Å². The SMILES string of the molecule is O=C(Nc1ccc2ncc(C(=O)O)cc2n1)NC1CCCC1. The molecule has 1 aliphatic rings. The first-order valence-electron chi connectivity index (χ1n) is 7.19. The predicted molar refractivity (Wildman–Crippen MR) is 80.9 cm³/mol. The van der Waals surface area contributed by atoms with Gasteiger partial charge in [-0.2, -0.15) is 0 Å². The maximum absolute atomic E-state index is 11.9. The second-order valence-electron chi connectivity index (χ2n) is 5.34. The minimum Gasteiger partial charge on any atom is -0.478 e. The summed E-state index contributed by atoms with van der Waals surface area (Å²) in [4.78, 5) is 31.1. The van der Waals surface area contributed by atoms with Gasteiger partial charge in [-0.1, -0.05) is 12.8 Å². The van der Waals surface area contributed by atoms with Crippen molar-refractivity contribution < 1.29 is 14.7 Å². The average Bonchev–Trinajstić information content (AvgIpc) is 2.99. The van der Waals surface area contributed by atoms with Crippen LogP contribution in [0.5, 0.6) is 0 Å². The lowest BCUT2D eigenvalue weighted by atomic mass is 10.2. The molecule has 114 valence electrons. The highest BCUT2D eigenvalue weighted by Gasteiger charge is 2.17. The summed E-state index contributed by atoms with van der Waals surface area (Å²) >= 11 is 0. The first-order chi connectivity index (χ1) is 10.6. The van der Waals surface area contributed by atoms with Crippen LogP contribution in [0.15, 0.2) is 24.4 Å². The number of amides is 2. The van der Waals surface area contributed by atoms with Crippen molar-refractivity contribution in [2.24, 2.45) is 0 Å². The van der Waals surface area contributed by atoms with E-state index < -0.39 is 5.97 Å². The summed E-state index contributed by atoms with van der Waals surface area (Å²) in [5, 5.41) is 14.5. The number of aromatic nitrogens is 2. The molecule has 2 aromatic rings. The van der Waals surface area contributed by atoms with E-state index in [9.17, 15) is 9.59 Å². The van der Waals surface area contributed by atoms with E-state index in [1.807, 2.05) is 0 Å². The number of carboxylic acid groups (broad SMARTS) is 1. The third-order valence-electron chi connectivity index (χ3n) is 3.72. The smallest absolute Gasteiger partial charge is 0.337 e. The molecule has 7 nitrogen and oxygen atoms in total. The fourth-order valence-corrected chi connectivity index (χ4v) is 2.60. The molecule has 0 spiro atoms. The second-order valence-corrected chi connectivity index (χ2v) is 5.34. The fraction of sp³-hybridized carbons (Fsp3) is 0.333. The van der Waals surface area contributed by atoms with Gasteiger partial charge < -0.3 is 10.4 Å². The predicted octanol–water partition coefficient (Wildman–Crippen LogP) is 2.39. The molecule has 1 aliphatic carbocycles. The maximum atomic E-state index is 11.9. The van der Waals surface area contributed by atoms with E-state index in [0.29, 0.717) is 16.9 Å². The van der Waals surface area contributed by atoms with E-state index in [1.54, 1.807) is 12.1 Å². The number of rotatable bonds is 3. The third-order valence-corrected chi connectivity index (χ3v) is 3.72. The number of pyridine rings is 2. The van der Waals surface area contributed by atoms with E-state index >= 15 is 0 Å². The van der Waals surface area contributed by atoms with Crippen molar-refractivity contribution in [1.82, 2.24) is 15.3 Å². The minimum absolute atomic E-state index is 0.0626. The molecule has 2 heterocycles. The third kappa shape index (κ3) is 3.13. The van der Waals surface area contributed by atoms with Crippen LogP contribution in [-0.4, -0.2) is 33.1 Å². The van der Waals surface area contributed by atoms with E-state index in [-0.39, 0.29) is 17.6 Å². The van der Waals surface area contributed by atoms with Crippen LogP contribution < -0.4 is 10.6 Å². The zero-order chi connectivity index (χ0) is 15.5. The topological polar surface area (TPSA) is 104 Å². The Bertz CT molecular complexity index is 726. The van der Waals surface area contributed by atoms with Gasteiger partial charge in [0.25, 0.3) is 0 Å². The van der Waals surface area contributed by atoms with Crippen LogP contribution >= 0.6 is 0 Å². The molecule has 2 aromatic heterocycles. The first-order valence-corrected chi connectivity index (χ1v) is 7.19. The van der Waals surface area contributed by atoms with Crippen LogP contribution in [0.1, 0.15) is 36.0 Å². The minimum atomic E-state index is -1.06. The Balaban J connectivity index is 1.75. The molecule has 2 amide bonds. The number of urea groups is 1.